The normalized spacial score (nSPS) is 11.6. The molecule has 2 amide bonds. The summed E-state index contributed by atoms with van der Waals surface area (Å²) in [7, 11) is 0. The summed E-state index contributed by atoms with van der Waals surface area (Å²) in [4.78, 5) is 38.6. The molecule has 0 unspecified atom stereocenters. The van der Waals surface area contributed by atoms with Crippen molar-refractivity contribution in [2.45, 2.75) is 39.4 Å². The van der Waals surface area contributed by atoms with E-state index >= 15 is 0 Å². The summed E-state index contributed by atoms with van der Waals surface area (Å²) in [6.45, 7) is 5.32. The second kappa shape index (κ2) is 10.6. The number of hydrogen-bond donors (Lipinski definition) is 1. The van der Waals surface area contributed by atoms with E-state index in [-0.39, 0.29) is 22.5 Å². The zero-order valence-corrected chi connectivity index (χ0v) is 17.5. The summed E-state index contributed by atoms with van der Waals surface area (Å²) >= 11 is 5.99. The molecule has 0 fully saturated rings. The standard InChI is InChI=1S/C22H25ClN2O4/c1-15(2)25(13-17-9-5-4-6-10-17)20(26)14-29-22(28)16(3)24-21(27)18-11-7-8-12-19(18)23/h4-12,15-16H,13-14H2,1-3H3,(H,24,27)/t16-/m0/s1. The van der Waals surface area contributed by atoms with Crippen LogP contribution in [0.1, 0.15) is 36.7 Å². The predicted molar refractivity (Wildman–Crippen MR) is 111 cm³/mol. The fourth-order valence-corrected chi connectivity index (χ4v) is 2.88. The van der Waals surface area contributed by atoms with Gasteiger partial charge in [-0.2, -0.15) is 0 Å². The summed E-state index contributed by atoms with van der Waals surface area (Å²) < 4.78 is 5.12. The van der Waals surface area contributed by atoms with Gasteiger partial charge in [-0.3, -0.25) is 9.59 Å². The van der Waals surface area contributed by atoms with E-state index in [4.69, 9.17) is 16.3 Å². The lowest BCUT2D eigenvalue weighted by atomic mass is 10.2. The number of carbonyl (C=O) groups is 3. The van der Waals surface area contributed by atoms with E-state index in [1.807, 2.05) is 44.2 Å². The Morgan fingerprint density at radius 2 is 1.62 bits per heavy atom. The summed E-state index contributed by atoms with van der Waals surface area (Å²) in [6.07, 6.45) is 0. The van der Waals surface area contributed by atoms with Gasteiger partial charge in [0.15, 0.2) is 6.61 Å². The van der Waals surface area contributed by atoms with Crippen LogP contribution in [0.15, 0.2) is 54.6 Å². The minimum Gasteiger partial charge on any atom is -0.454 e. The lowest BCUT2D eigenvalue weighted by Crippen LogP contribution is -2.43. The fourth-order valence-electron chi connectivity index (χ4n) is 2.66. The average Bonchev–Trinajstić information content (AvgIpc) is 2.70. The second-order valence-corrected chi connectivity index (χ2v) is 7.29. The Kier molecular flexibility index (Phi) is 8.21. The molecule has 0 aromatic heterocycles. The summed E-state index contributed by atoms with van der Waals surface area (Å²) in [5.74, 6) is -1.48. The highest BCUT2D eigenvalue weighted by Gasteiger charge is 2.23. The van der Waals surface area contributed by atoms with Crippen molar-refractivity contribution in [3.63, 3.8) is 0 Å². The number of benzene rings is 2. The zero-order valence-electron chi connectivity index (χ0n) is 16.7. The van der Waals surface area contributed by atoms with Crippen molar-refractivity contribution in [1.82, 2.24) is 10.2 Å². The Hall–Kier alpha value is -2.86. The number of carbonyl (C=O) groups excluding carboxylic acids is 3. The molecule has 154 valence electrons. The number of nitrogens with zero attached hydrogens (tertiary/aromatic N) is 1. The van der Waals surface area contributed by atoms with Crippen LogP contribution in [0.5, 0.6) is 0 Å². The Bertz CT molecular complexity index is 855. The van der Waals surface area contributed by atoms with E-state index in [9.17, 15) is 14.4 Å². The molecule has 2 aromatic carbocycles. The van der Waals surface area contributed by atoms with Crippen LogP contribution < -0.4 is 5.32 Å². The Morgan fingerprint density at radius 3 is 2.24 bits per heavy atom. The third kappa shape index (κ3) is 6.61. The quantitative estimate of drug-likeness (QED) is 0.669. The molecule has 0 saturated heterocycles. The number of rotatable bonds is 8. The second-order valence-electron chi connectivity index (χ2n) is 6.88. The van der Waals surface area contributed by atoms with E-state index in [1.54, 1.807) is 29.2 Å². The first-order valence-corrected chi connectivity index (χ1v) is 9.72. The van der Waals surface area contributed by atoms with Crippen molar-refractivity contribution in [3.8, 4) is 0 Å². The summed E-state index contributed by atoms with van der Waals surface area (Å²) in [6, 6.07) is 15.1. The first-order chi connectivity index (χ1) is 13.8. The maximum Gasteiger partial charge on any atom is 0.328 e. The van der Waals surface area contributed by atoms with Gasteiger partial charge in [0, 0.05) is 12.6 Å². The Labute approximate surface area is 175 Å². The molecule has 0 saturated carbocycles. The average molecular weight is 417 g/mol. The maximum absolute atomic E-state index is 12.5. The van der Waals surface area contributed by atoms with Gasteiger partial charge in [0.05, 0.1) is 10.6 Å². The first-order valence-electron chi connectivity index (χ1n) is 9.35. The molecule has 0 heterocycles. The van der Waals surface area contributed by atoms with E-state index in [0.717, 1.165) is 5.56 Å². The van der Waals surface area contributed by atoms with Gasteiger partial charge >= 0.3 is 5.97 Å². The van der Waals surface area contributed by atoms with Gasteiger partial charge in [-0.1, -0.05) is 54.1 Å². The first kappa shape index (κ1) is 22.4. The van der Waals surface area contributed by atoms with Crippen LogP contribution in [0, 0.1) is 0 Å². The molecule has 29 heavy (non-hydrogen) atoms. The monoisotopic (exact) mass is 416 g/mol. The predicted octanol–water partition coefficient (Wildman–Crippen LogP) is 3.44. The zero-order chi connectivity index (χ0) is 21.4. The molecular formula is C22H25ClN2O4. The highest BCUT2D eigenvalue weighted by Crippen LogP contribution is 2.15. The van der Waals surface area contributed by atoms with E-state index in [1.165, 1.54) is 6.92 Å². The van der Waals surface area contributed by atoms with Gasteiger partial charge in [-0.05, 0) is 38.5 Å². The SMILES string of the molecule is CC(C)N(Cc1ccccc1)C(=O)COC(=O)[C@H](C)NC(=O)c1ccccc1Cl. The minimum atomic E-state index is -0.923. The largest absolute Gasteiger partial charge is 0.454 e. The molecular weight excluding hydrogens is 392 g/mol. The van der Waals surface area contributed by atoms with Crippen molar-refractivity contribution in [2.75, 3.05) is 6.61 Å². The van der Waals surface area contributed by atoms with Crippen molar-refractivity contribution >= 4 is 29.4 Å². The lowest BCUT2D eigenvalue weighted by Gasteiger charge is -2.27. The van der Waals surface area contributed by atoms with Gasteiger partial charge in [-0.25, -0.2) is 4.79 Å². The molecule has 0 aliphatic heterocycles. The summed E-state index contributed by atoms with van der Waals surface area (Å²) in [5.41, 5.74) is 1.25. The minimum absolute atomic E-state index is 0.0567. The van der Waals surface area contributed by atoms with Crippen LogP contribution in [0.25, 0.3) is 0 Å². The molecule has 2 aromatic rings. The molecule has 1 atom stereocenters. The van der Waals surface area contributed by atoms with E-state index in [0.29, 0.717) is 6.54 Å². The highest BCUT2D eigenvalue weighted by atomic mass is 35.5. The van der Waals surface area contributed by atoms with Gasteiger partial charge < -0.3 is 15.0 Å². The van der Waals surface area contributed by atoms with E-state index in [2.05, 4.69) is 5.32 Å². The van der Waals surface area contributed by atoms with Gasteiger partial charge in [0.25, 0.3) is 11.8 Å². The topological polar surface area (TPSA) is 75.7 Å². The number of ether oxygens (including phenoxy) is 1. The number of hydrogen-bond acceptors (Lipinski definition) is 4. The van der Waals surface area contributed by atoms with Crippen molar-refractivity contribution in [3.05, 3.63) is 70.7 Å². The summed E-state index contributed by atoms with van der Waals surface area (Å²) in [5, 5.41) is 2.82. The fraction of sp³-hybridized carbons (Fsp3) is 0.318. The molecule has 0 bridgehead atoms. The molecule has 7 heteroatoms. The van der Waals surface area contributed by atoms with Crippen LogP contribution >= 0.6 is 11.6 Å². The molecule has 2 rings (SSSR count). The smallest absolute Gasteiger partial charge is 0.328 e. The third-order valence-corrected chi connectivity index (χ3v) is 4.63. The molecule has 0 aliphatic carbocycles. The van der Waals surface area contributed by atoms with Crippen LogP contribution in [0.4, 0.5) is 0 Å². The maximum atomic E-state index is 12.5. The molecule has 0 radical (unpaired) electrons. The third-order valence-electron chi connectivity index (χ3n) is 4.30. The highest BCUT2D eigenvalue weighted by molar-refractivity contribution is 6.33. The van der Waals surface area contributed by atoms with Crippen LogP contribution in [0.3, 0.4) is 0 Å². The number of halogens is 1. The van der Waals surface area contributed by atoms with Crippen LogP contribution in [-0.2, 0) is 20.9 Å². The van der Waals surface area contributed by atoms with Gasteiger partial charge in [0.1, 0.15) is 6.04 Å². The van der Waals surface area contributed by atoms with Gasteiger partial charge in [0.2, 0.25) is 0 Å². The number of nitrogens with one attached hydrogen (secondary N) is 1. The lowest BCUT2D eigenvalue weighted by molar-refractivity contribution is -0.154. The molecule has 0 aliphatic rings. The molecule has 0 spiro atoms. The van der Waals surface area contributed by atoms with Crippen molar-refractivity contribution in [1.29, 1.82) is 0 Å². The Balaban J connectivity index is 1.89. The Morgan fingerprint density at radius 1 is 1.00 bits per heavy atom. The van der Waals surface area contributed by atoms with E-state index < -0.39 is 24.5 Å². The molecule has 6 nitrogen and oxygen atoms in total. The number of esters is 1. The van der Waals surface area contributed by atoms with Crippen LogP contribution in [0.2, 0.25) is 5.02 Å². The molecule has 1 N–H and O–H groups in total. The number of amides is 2. The van der Waals surface area contributed by atoms with Gasteiger partial charge in [-0.15, -0.1) is 0 Å². The van der Waals surface area contributed by atoms with Crippen LogP contribution in [-0.4, -0.2) is 41.4 Å². The van der Waals surface area contributed by atoms with Crippen molar-refractivity contribution in [2.24, 2.45) is 0 Å². The van der Waals surface area contributed by atoms with Crippen molar-refractivity contribution < 1.29 is 19.1 Å².